The molecule has 19 heavy (non-hydrogen) atoms. The molecule has 3 nitrogen and oxygen atoms in total. The van der Waals surface area contributed by atoms with E-state index < -0.39 is 0 Å². The van der Waals surface area contributed by atoms with Crippen LogP contribution in [0, 0.1) is 0 Å². The van der Waals surface area contributed by atoms with E-state index in [4.69, 9.17) is 5.73 Å². The molecule has 2 atom stereocenters. The summed E-state index contributed by atoms with van der Waals surface area (Å²) in [6, 6.07) is 5.09. The van der Waals surface area contributed by atoms with E-state index in [1.54, 1.807) is 0 Å². The molecular weight excluding hydrogens is 254 g/mol. The third-order valence-corrected chi connectivity index (χ3v) is 5.97. The molecule has 0 aromatic carbocycles. The normalized spacial score (nSPS) is 31.2. The van der Waals surface area contributed by atoms with Gasteiger partial charge in [0.25, 0.3) is 0 Å². The van der Waals surface area contributed by atoms with Gasteiger partial charge >= 0.3 is 0 Å². The van der Waals surface area contributed by atoms with Crippen molar-refractivity contribution in [2.45, 2.75) is 44.3 Å². The van der Waals surface area contributed by atoms with E-state index in [1.807, 2.05) is 11.3 Å². The highest BCUT2D eigenvalue weighted by molar-refractivity contribution is 7.09. The summed E-state index contributed by atoms with van der Waals surface area (Å²) in [5, 5.41) is 2.18. The molecule has 2 unspecified atom stereocenters. The molecule has 2 aliphatic heterocycles. The summed E-state index contributed by atoms with van der Waals surface area (Å²) < 4.78 is 0. The number of hydrogen-bond acceptors (Lipinski definition) is 4. The lowest BCUT2D eigenvalue weighted by atomic mass is 9.86. The molecule has 0 aliphatic carbocycles. The van der Waals surface area contributed by atoms with Crippen molar-refractivity contribution in [1.29, 1.82) is 0 Å². The molecule has 1 aromatic rings. The van der Waals surface area contributed by atoms with E-state index >= 15 is 0 Å². The van der Waals surface area contributed by atoms with Gasteiger partial charge < -0.3 is 5.73 Å². The van der Waals surface area contributed by atoms with E-state index in [0.29, 0.717) is 6.04 Å². The fourth-order valence-corrected chi connectivity index (χ4v) is 4.84. The predicted molar refractivity (Wildman–Crippen MR) is 81.4 cm³/mol. The predicted octanol–water partition coefficient (Wildman–Crippen LogP) is 2.14. The van der Waals surface area contributed by atoms with Crippen molar-refractivity contribution >= 4 is 11.3 Å². The maximum atomic E-state index is 6.27. The van der Waals surface area contributed by atoms with Crippen molar-refractivity contribution in [3.63, 3.8) is 0 Å². The highest BCUT2D eigenvalue weighted by atomic mass is 32.1. The minimum Gasteiger partial charge on any atom is -0.329 e. The highest BCUT2D eigenvalue weighted by Crippen LogP contribution is 2.40. The lowest BCUT2D eigenvalue weighted by Gasteiger charge is -2.44. The van der Waals surface area contributed by atoms with Crippen molar-refractivity contribution < 1.29 is 0 Å². The first-order valence-corrected chi connectivity index (χ1v) is 8.39. The third-order valence-electron chi connectivity index (χ3n) is 5.11. The standard InChI is InChI=1S/C15H25N3S/c1-2-18(11-13-5-4-10-19-13)15(12-16)7-9-17-8-3-6-14(15)17/h4-5,10,14H,2-3,6-9,11-12,16H2,1H3. The van der Waals surface area contributed by atoms with Gasteiger partial charge in [0.15, 0.2) is 0 Å². The molecule has 3 heterocycles. The summed E-state index contributed by atoms with van der Waals surface area (Å²) >= 11 is 1.86. The number of thiophene rings is 1. The first-order chi connectivity index (χ1) is 9.30. The van der Waals surface area contributed by atoms with Gasteiger partial charge in [-0.15, -0.1) is 11.3 Å². The second kappa shape index (κ2) is 5.52. The van der Waals surface area contributed by atoms with E-state index in [1.165, 1.54) is 37.2 Å². The minimum absolute atomic E-state index is 0.218. The van der Waals surface area contributed by atoms with Crippen LogP contribution in [0.4, 0.5) is 0 Å². The third kappa shape index (κ3) is 2.25. The number of hydrogen-bond donors (Lipinski definition) is 1. The zero-order chi connectivity index (χ0) is 13.3. The summed E-state index contributed by atoms with van der Waals surface area (Å²) in [5.41, 5.74) is 6.48. The Bertz CT molecular complexity index is 406. The van der Waals surface area contributed by atoms with Gasteiger partial charge in [-0.1, -0.05) is 13.0 Å². The van der Waals surface area contributed by atoms with Crippen LogP contribution in [0.2, 0.25) is 0 Å². The topological polar surface area (TPSA) is 32.5 Å². The molecule has 0 spiro atoms. The van der Waals surface area contributed by atoms with Crippen LogP contribution in [0.5, 0.6) is 0 Å². The monoisotopic (exact) mass is 279 g/mol. The molecule has 2 fully saturated rings. The molecule has 0 radical (unpaired) electrons. The second-order valence-electron chi connectivity index (χ2n) is 5.85. The molecule has 0 amide bonds. The van der Waals surface area contributed by atoms with E-state index in [2.05, 4.69) is 34.2 Å². The van der Waals surface area contributed by atoms with Crippen LogP contribution in [0.25, 0.3) is 0 Å². The largest absolute Gasteiger partial charge is 0.329 e. The lowest BCUT2D eigenvalue weighted by molar-refractivity contribution is 0.0637. The Hall–Kier alpha value is -0.420. The van der Waals surface area contributed by atoms with Crippen molar-refractivity contribution in [2.24, 2.45) is 5.73 Å². The molecule has 2 saturated heterocycles. The zero-order valence-electron chi connectivity index (χ0n) is 11.8. The highest BCUT2D eigenvalue weighted by Gasteiger charge is 2.51. The maximum absolute atomic E-state index is 6.27. The lowest BCUT2D eigenvalue weighted by Crippen LogP contribution is -2.59. The minimum atomic E-state index is 0.218. The van der Waals surface area contributed by atoms with Gasteiger partial charge in [0, 0.05) is 30.6 Å². The number of likely N-dealkylation sites (N-methyl/N-ethyl adjacent to an activating group) is 1. The Kier molecular flexibility index (Phi) is 3.94. The van der Waals surface area contributed by atoms with Gasteiger partial charge in [0.05, 0.1) is 5.54 Å². The van der Waals surface area contributed by atoms with Crippen LogP contribution in [0.15, 0.2) is 17.5 Å². The number of fused-ring (bicyclic) bond motifs is 1. The molecule has 2 N–H and O–H groups in total. The van der Waals surface area contributed by atoms with Crippen LogP contribution in [0.1, 0.15) is 31.1 Å². The Balaban J connectivity index is 1.82. The number of nitrogens with zero attached hydrogens (tertiary/aromatic N) is 2. The summed E-state index contributed by atoms with van der Waals surface area (Å²) in [5.74, 6) is 0. The molecular formula is C15H25N3S. The van der Waals surface area contributed by atoms with Crippen molar-refractivity contribution in [3.05, 3.63) is 22.4 Å². The maximum Gasteiger partial charge on any atom is 0.0502 e. The number of nitrogens with two attached hydrogens (primary N) is 1. The average Bonchev–Trinajstić information content (AvgIpc) is 3.14. The van der Waals surface area contributed by atoms with Crippen LogP contribution in [-0.4, -0.2) is 47.6 Å². The molecule has 3 rings (SSSR count). The summed E-state index contributed by atoms with van der Waals surface area (Å²) in [6.45, 7) is 7.76. The second-order valence-corrected chi connectivity index (χ2v) is 6.88. The van der Waals surface area contributed by atoms with Crippen LogP contribution in [-0.2, 0) is 6.54 Å². The van der Waals surface area contributed by atoms with Crippen molar-refractivity contribution in [1.82, 2.24) is 9.80 Å². The SMILES string of the molecule is CCN(Cc1cccs1)C1(CN)CCN2CCCC21. The van der Waals surface area contributed by atoms with Gasteiger partial charge in [-0.2, -0.15) is 0 Å². The first-order valence-electron chi connectivity index (χ1n) is 7.51. The van der Waals surface area contributed by atoms with E-state index in [0.717, 1.165) is 19.6 Å². The van der Waals surface area contributed by atoms with Crippen molar-refractivity contribution in [2.75, 3.05) is 26.2 Å². The Morgan fingerprint density at radius 1 is 1.53 bits per heavy atom. The van der Waals surface area contributed by atoms with Gasteiger partial charge in [-0.05, 0) is 43.8 Å². The fraction of sp³-hybridized carbons (Fsp3) is 0.733. The van der Waals surface area contributed by atoms with Crippen LogP contribution < -0.4 is 5.73 Å². The Labute approximate surface area is 120 Å². The quantitative estimate of drug-likeness (QED) is 0.896. The van der Waals surface area contributed by atoms with E-state index in [9.17, 15) is 0 Å². The molecule has 4 heteroatoms. The van der Waals surface area contributed by atoms with Gasteiger partial charge in [0.2, 0.25) is 0 Å². The smallest absolute Gasteiger partial charge is 0.0502 e. The average molecular weight is 279 g/mol. The van der Waals surface area contributed by atoms with Gasteiger partial charge in [-0.3, -0.25) is 9.80 Å². The Morgan fingerprint density at radius 2 is 2.42 bits per heavy atom. The first kappa shape index (κ1) is 13.6. The van der Waals surface area contributed by atoms with Crippen LogP contribution >= 0.6 is 11.3 Å². The van der Waals surface area contributed by atoms with Crippen molar-refractivity contribution in [3.8, 4) is 0 Å². The summed E-state index contributed by atoms with van der Waals surface area (Å²) in [4.78, 5) is 6.78. The van der Waals surface area contributed by atoms with Gasteiger partial charge in [-0.25, -0.2) is 0 Å². The van der Waals surface area contributed by atoms with Gasteiger partial charge in [0.1, 0.15) is 0 Å². The molecule has 1 aromatic heterocycles. The van der Waals surface area contributed by atoms with Crippen LogP contribution in [0.3, 0.4) is 0 Å². The Morgan fingerprint density at radius 3 is 3.11 bits per heavy atom. The molecule has 2 aliphatic rings. The number of rotatable bonds is 5. The summed E-state index contributed by atoms with van der Waals surface area (Å²) in [6.07, 6.45) is 3.93. The molecule has 0 saturated carbocycles. The molecule has 0 bridgehead atoms. The van der Waals surface area contributed by atoms with E-state index in [-0.39, 0.29) is 5.54 Å². The summed E-state index contributed by atoms with van der Waals surface area (Å²) in [7, 11) is 0. The molecule has 106 valence electrons. The zero-order valence-corrected chi connectivity index (χ0v) is 12.7. The fourth-order valence-electron chi connectivity index (χ4n) is 4.12.